The lowest BCUT2D eigenvalue weighted by molar-refractivity contribution is 0.0519. The van der Waals surface area contributed by atoms with Crippen LogP contribution in [0.2, 0.25) is 0 Å². The number of esters is 1. The summed E-state index contributed by atoms with van der Waals surface area (Å²) in [4.78, 5) is 15.8. The molecule has 0 unspecified atom stereocenters. The Kier molecular flexibility index (Phi) is 5.36. The van der Waals surface area contributed by atoms with Gasteiger partial charge in [-0.25, -0.2) is 9.78 Å². The van der Waals surface area contributed by atoms with Crippen molar-refractivity contribution >= 4 is 5.97 Å². The van der Waals surface area contributed by atoms with E-state index in [0.717, 1.165) is 11.1 Å². The van der Waals surface area contributed by atoms with Gasteiger partial charge < -0.3 is 14.2 Å². The summed E-state index contributed by atoms with van der Waals surface area (Å²) in [5.41, 5.74) is 2.35. The van der Waals surface area contributed by atoms with E-state index in [9.17, 15) is 4.79 Å². The molecule has 5 nitrogen and oxygen atoms in total. The highest BCUT2D eigenvalue weighted by Crippen LogP contribution is 2.28. The van der Waals surface area contributed by atoms with Crippen LogP contribution in [0.25, 0.3) is 0 Å². The van der Waals surface area contributed by atoms with Crippen molar-refractivity contribution in [3.8, 4) is 11.5 Å². The normalized spacial score (nSPS) is 10.1. The number of pyridine rings is 1. The minimum absolute atomic E-state index is 0.319. The fourth-order valence-electron chi connectivity index (χ4n) is 2.13. The Morgan fingerprint density at radius 2 is 1.77 bits per heavy atom. The first-order valence-corrected chi connectivity index (χ1v) is 7.01. The summed E-state index contributed by atoms with van der Waals surface area (Å²) in [6, 6.07) is 9.37. The maximum absolute atomic E-state index is 11.7. The standard InChI is InChI=1S/C17H19NO4/c1-4-22-17(19)14-10-13(7-8-18-14)9-12-5-6-15(20-2)16(11-12)21-3/h5-8,10-11H,4,9H2,1-3H3. The number of carbonyl (C=O) groups is 1. The van der Waals surface area contributed by atoms with E-state index < -0.39 is 5.97 Å². The Hall–Kier alpha value is -2.56. The van der Waals surface area contributed by atoms with Gasteiger partial charge >= 0.3 is 5.97 Å². The van der Waals surface area contributed by atoms with Crippen LogP contribution in [0, 0.1) is 0 Å². The van der Waals surface area contributed by atoms with Gasteiger partial charge in [0.25, 0.3) is 0 Å². The Labute approximate surface area is 129 Å². The Balaban J connectivity index is 2.20. The zero-order valence-corrected chi connectivity index (χ0v) is 13.0. The highest BCUT2D eigenvalue weighted by molar-refractivity contribution is 5.87. The molecule has 0 atom stereocenters. The predicted octanol–water partition coefficient (Wildman–Crippen LogP) is 2.87. The van der Waals surface area contributed by atoms with E-state index >= 15 is 0 Å². The number of hydrogen-bond acceptors (Lipinski definition) is 5. The third-order valence-electron chi connectivity index (χ3n) is 3.17. The number of nitrogens with zero attached hydrogens (tertiary/aromatic N) is 1. The Morgan fingerprint density at radius 3 is 2.45 bits per heavy atom. The van der Waals surface area contributed by atoms with Gasteiger partial charge in [0, 0.05) is 6.20 Å². The van der Waals surface area contributed by atoms with Crippen molar-refractivity contribution < 1.29 is 19.0 Å². The predicted molar refractivity (Wildman–Crippen MR) is 82.5 cm³/mol. The summed E-state index contributed by atoms with van der Waals surface area (Å²) in [7, 11) is 3.21. The second-order valence-corrected chi connectivity index (χ2v) is 4.64. The number of carbonyl (C=O) groups excluding carboxylic acids is 1. The van der Waals surface area contributed by atoms with Crippen LogP contribution in [0.1, 0.15) is 28.5 Å². The Bertz CT molecular complexity index is 655. The zero-order chi connectivity index (χ0) is 15.9. The van der Waals surface area contributed by atoms with E-state index in [-0.39, 0.29) is 0 Å². The lowest BCUT2D eigenvalue weighted by Crippen LogP contribution is -2.07. The summed E-state index contributed by atoms with van der Waals surface area (Å²) in [5.74, 6) is 0.963. The smallest absolute Gasteiger partial charge is 0.356 e. The molecule has 1 aromatic carbocycles. The van der Waals surface area contributed by atoms with Gasteiger partial charge in [0.05, 0.1) is 20.8 Å². The van der Waals surface area contributed by atoms with Crippen LogP contribution in [0.4, 0.5) is 0 Å². The van der Waals surface area contributed by atoms with Crippen LogP contribution >= 0.6 is 0 Å². The van der Waals surface area contributed by atoms with Crippen LogP contribution in [-0.4, -0.2) is 31.8 Å². The Morgan fingerprint density at radius 1 is 1.05 bits per heavy atom. The molecule has 0 radical (unpaired) electrons. The maximum Gasteiger partial charge on any atom is 0.356 e. The van der Waals surface area contributed by atoms with Crippen molar-refractivity contribution in [3.63, 3.8) is 0 Å². The second-order valence-electron chi connectivity index (χ2n) is 4.64. The summed E-state index contributed by atoms with van der Waals surface area (Å²) < 4.78 is 15.5. The molecule has 0 spiro atoms. The molecule has 0 aliphatic rings. The number of benzene rings is 1. The lowest BCUT2D eigenvalue weighted by Gasteiger charge is -2.10. The highest BCUT2D eigenvalue weighted by atomic mass is 16.5. The van der Waals surface area contributed by atoms with E-state index in [4.69, 9.17) is 14.2 Å². The molecule has 2 aromatic rings. The molecule has 0 aliphatic heterocycles. The van der Waals surface area contributed by atoms with E-state index in [1.54, 1.807) is 33.4 Å². The van der Waals surface area contributed by atoms with Crippen LogP contribution < -0.4 is 9.47 Å². The molecule has 0 saturated heterocycles. The third kappa shape index (κ3) is 3.75. The van der Waals surface area contributed by atoms with E-state index in [0.29, 0.717) is 30.2 Å². The molecule has 22 heavy (non-hydrogen) atoms. The number of methoxy groups -OCH3 is 2. The second kappa shape index (κ2) is 7.45. The molecule has 0 bridgehead atoms. The average Bonchev–Trinajstić information content (AvgIpc) is 2.55. The van der Waals surface area contributed by atoms with Gasteiger partial charge in [-0.15, -0.1) is 0 Å². The first kappa shape index (κ1) is 15.8. The van der Waals surface area contributed by atoms with Gasteiger partial charge in [-0.1, -0.05) is 6.07 Å². The summed E-state index contributed by atoms with van der Waals surface area (Å²) in [6.07, 6.45) is 2.28. The average molecular weight is 301 g/mol. The molecule has 0 N–H and O–H groups in total. The first-order valence-electron chi connectivity index (χ1n) is 7.01. The molecule has 0 amide bonds. The number of hydrogen-bond donors (Lipinski definition) is 0. The van der Waals surface area contributed by atoms with Crippen LogP contribution in [-0.2, 0) is 11.2 Å². The lowest BCUT2D eigenvalue weighted by atomic mass is 10.0. The maximum atomic E-state index is 11.7. The quantitative estimate of drug-likeness (QED) is 0.768. The highest BCUT2D eigenvalue weighted by Gasteiger charge is 2.10. The van der Waals surface area contributed by atoms with Crippen molar-refractivity contribution in [1.82, 2.24) is 4.98 Å². The number of rotatable bonds is 6. The van der Waals surface area contributed by atoms with Gasteiger partial charge in [0.2, 0.25) is 0 Å². The molecule has 1 aromatic heterocycles. The van der Waals surface area contributed by atoms with Crippen LogP contribution in [0.5, 0.6) is 11.5 Å². The third-order valence-corrected chi connectivity index (χ3v) is 3.17. The number of ether oxygens (including phenoxy) is 3. The van der Waals surface area contributed by atoms with Gasteiger partial charge in [0.1, 0.15) is 5.69 Å². The van der Waals surface area contributed by atoms with Crippen molar-refractivity contribution in [2.75, 3.05) is 20.8 Å². The van der Waals surface area contributed by atoms with E-state index in [2.05, 4.69) is 4.98 Å². The molecular weight excluding hydrogens is 282 g/mol. The van der Waals surface area contributed by atoms with Crippen molar-refractivity contribution in [2.45, 2.75) is 13.3 Å². The van der Waals surface area contributed by atoms with Crippen LogP contribution in [0.15, 0.2) is 36.5 Å². The summed E-state index contributed by atoms with van der Waals surface area (Å²) in [5, 5.41) is 0. The number of aromatic nitrogens is 1. The summed E-state index contributed by atoms with van der Waals surface area (Å²) >= 11 is 0. The molecular formula is C17H19NO4. The fourth-order valence-corrected chi connectivity index (χ4v) is 2.13. The van der Waals surface area contributed by atoms with E-state index in [1.165, 1.54) is 0 Å². The minimum atomic E-state index is -0.406. The van der Waals surface area contributed by atoms with Gasteiger partial charge in [-0.2, -0.15) is 0 Å². The van der Waals surface area contributed by atoms with Crippen molar-refractivity contribution in [2.24, 2.45) is 0 Å². The molecule has 0 aliphatic carbocycles. The van der Waals surface area contributed by atoms with Crippen molar-refractivity contribution in [3.05, 3.63) is 53.3 Å². The molecule has 5 heteroatoms. The topological polar surface area (TPSA) is 57.7 Å². The SMILES string of the molecule is CCOC(=O)c1cc(Cc2ccc(OC)c(OC)c2)ccn1. The zero-order valence-electron chi connectivity index (χ0n) is 13.0. The fraction of sp³-hybridized carbons (Fsp3) is 0.294. The van der Waals surface area contributed by atoms with Gasteiger partial charge in [-0.3, -0.25) is 0 Å². The molecule has 1 heterocycles. The monoisotopic (exact) mass is 301 g/mol. The van der Waals surface area contributed by atoms with E-state index in [1.807, 2.05) is 24.3 Å². The molecule has 116 valence electrons. The molecule has 0 saturated carbocycles. The van der Waals surface area contributed by atoms with Crippen LogP contribution in [0.3, 0.4) is 0 Å². The molecule has 2 rings (SSSR count). The van der Waals surface area contributed by atoms with Crippen molar-refractivity contribution in [1.29, 1.82) is 0 Å². The van der Waals surface area contributed by atoms with Gasteiger partial charge in [0.15, 0.2) is 11.5 Å². The largest absolute Gasteiger partial charge is 0.493 e. The van der Waals surface area contributed by atoms with Gasteiger partial charge in [-0.05, 0) is 48.7 Å². The molecule has 0 fully saturated rings. The minimum Gasteiger partial charge on any atom is -0.493 e. The summed E-state index contributed by atoms with van der Waals surface area (Å²) in [6.45, 7) is 2.10. The first-order chi connectivity index (χ1) is 10.7.